The molecule has 1 atom stereocenters. The highest BCUT2D eigenvalue weighted by Crippen LogP contribution is 2.26. The summed E-state index contributed by atoms with van der Waals surface area (Å²) in [5.74, 6) is 0.765. The number of sulfone groups is 1. The highest BCUT2D eigenvalue weighted by Gasteiger charge is 2.16. The molecule has 0 saturated heterocycles. The second-order valence-electron chi connectivity index (χ2n) is 4.20. The molecule has 0 radical (unpaired) electrons. The van der Waals surface area contributed by atoms with E-state index in [1.807, 2.05) is 19.2 Å². The molecular weight excluding hydrogens is 330 g/mol. The third-order valence-corrected chi connectivity index (χ3v) is 4.36. The van der Waals surface area contributed by atoms with Gasteiger partial charge in [-0.15, -0.1) is 0 Å². The number of hydrogen-bond acceptors (Lipinski definition) is 4. The first kappa shape index (κ1) is 14.3. The first-order chi connectivity index (χ1) is 8.91. The number of hydrogen-bond donors (Lipinski definition) is 1. The molecular formula is C13H14BrNO3S. The van der Waals surface area contributed by atoms with Crippen LogP contribution in [0, 0.1) is 0 Å². The molecule has 2 aromatic rings. The molecule has 2 rings (SSSR count). The molecule has 102 valence electrons. The fourth-order valence-corrected chi connectivity index (χ4v) is 2.81. The molecule has 0 saturated carbocycles. The summed E-state index contributed by atoms with van der Waals surface area (Å²) in [6.07, 6.45) is 1.20. The Morgan fingerprint density at radius 2 is 1.79 bits per heavy atom. The lowest BCUT2D eigenvalue weighted by molar-refractivity contribution is 0.447. The lowest BCUT2D eigenvalue weighted by Crippen LogP contribution is -2.17. The maximum Gasteiger partial charge on any atom is 0.175 e. The van der Waals surface area contributed by atoms with Crippen molar-refractivity contribution in [3.05, 3.63) is 52.4 Å². The third kappa shape index (κ3) is 3.26. The number of nitrogens with one attached hydrogen (secondary N) is 1. The van der Waals surface area contributed by atoms with Crippen LogP contribution < -0.4 is 5.32 Å². The highest BCUT2D eigenvalue weighted by atomic mass is 79.9. The first-order valence-corrected chi connectivity index (χ1v) is 8.33. The fourth-order valence-electron chi connectivity index (χ4n) is 1.86. The summed E-state index contributed by atoms with van der Waals surface area (Å²) in [6, 6.07) is 10.4. The van der Waals surface area contributed by atoms with Crippen LogP contribution in [0.5, 0.6) is 0 Å². The average Bonchev–Trinajstić information content (AvgIpc) is 2.76. The van der Waals surface area contributed by atoms with Crippen molar-refractivity contribution in [3.8, 4) is 0 Å². The zero-order valence-electron chi connectivity index (χ0n) is 10.6. The average molecular weight is 344 g/mol. The molecule has 1 heterocycles. The summed E-state index contributed by atoms with van der Waals surface area (Å²) in [5, 5.41) is 3.14. The predicted octanol–water partition coefficient (Wildman–Crippen LogP) is 2.75. The Labute approximate surface area is 120 Å². The van der Waals surface area contributed by atoms with Crippen LogP contribution in [0.15, 0.2) is 50.4 Å². The third-order valence-electron chi connectivity index (χ3n) is 2.81. The van der Waals surface area contributed by atoms with Gasteiger partial charge in [-0.1, -0.05) is 12.1 Å². The van der Waals surface area contributed by atoms with Crippen LogP contribution in [0.3, 0.4) is 0 Å². The predicted molar refractivity (Wildman–Crippen MR) is 76.9 cm³/mol. The molecule has 1 unspecified atom stereocenters. The van der Waals surface area contributed by atoms with Gasteiger partial charge >= 0.3 is 0 Å². The van der Waals surface area contributed by atoms with Gasteiger partial charge in [-0.05, 0) is 52.8 Å². The van der Waals surface area contributed by atoms with Gasteiger partial charge in [-0.2, -0.15) is 0 Å². The van der Waals surface area contributed by atoms with Crippen LogP contribution in [-0.4, -0.2) is 21.7 Å². The lowest BCUT2D eigenvalue weighted by atomic mass is 10.1. The van der Waals surface area contributed by atoms with Gasteiger partial charge in [0.05, 0.1) is 10.9 Å². The molecule has 1 aromatic carbocycles. The van der Waals surface area contributed by atoms with Gasteiger partial charge in [-0.3, -0.25) is 0 Å². The van der Waals surface area contributed by atoms with Gasteiger partial charge in [0.2, 0.25) is 0 Å². The molecule has 0 amide bonds. The van der Waals surface area contributed by atoms with Crippen molar-refractivity contribution in [1.29, 1.82) is 0 Å². The van der Waals surface area contributed by atoms with Gasteiger partial charge in [0.1, 0.15) is 5.76 Å². The molecule has 0 fully saturated rings. The van der Waals surface area contributed by atoms with Crippen molar-refractivity contribution >= 4 is 25.8 Å². The SMILES string of the molecule is CNC(c1ccc(S(C)(=O)=O)cc1)c1ccc(Br)o1. The van der Waals surface area contributed by atoms with E-state index in [4.69, 9.17) is 4.42 Å². The van der Waals surface area contributed by atoms with Gasteiger partial charge in [0.15, 0.2) is 14.5 Å². The quantitative estimate of drug-likeness (QED) is 0.927. The molecule has 0 bridgehead atoms. The smallest absolute Gasteiger partial charge is 0.175 e. The van der Waals surface area contributed by atoms with Crippen LogP contribution in [0.2, 0.25) is 0 Å². The summed E-state index contributed by atoms with van der Waals surface area (Å²) in [7, 11) is -1.34. The Kier molecular flexibility index (Phi) is 4.13. The second kappa shape index (κ2) is 5.48. The summed E-state index contributed by atoms with van der Waals surface area (Å²) in [4.78, 5) is 0.312. The van der Waals surface area contributed by atoms with E-state index in [9.17, 15) is 8.42 Å². The molecule has 19 heavy (non-hydrogen) atoms. The van der Waals surface area contributed by atoms with E-state index in [0.29, 0.717) is 9.56 Å². The molecule has 0 spiro atoms. The van der Waals surface area contributed by atoms with Crippen LogP contribution >= 0.6 is 15.9 Å². The van der Waals surface area contributed by atoms with Crippen LogP contribution in [0.25, 0.3) is 0 Å². The summed E-state index contributed by atoms with van der Waals surface area (Å²) in [5.41, 5.74) is 0.941. The summed E-state index contributed by atoms with van der Waals surface area (Å²) < 4.78 is 29.0. The topological polar surface area (TPSA) is 59.3 Å². The summed E-state index contributed by atoms with van der Waals surface area (Å²) in [6.45, 7) is 0. The maximum absolute atomic E-state index is 11.4. The van der Waals surface area contributed by atoms with E-state index in [0.717, 1.165) is 11.3 Å². The molecule has 0 aliphatic heterocycles. The monoisotopic (exact) mass is 343 g/mol. The van der Waals surface area contributed by atoms with Crippen molar-refractivity contribution in [2.24, 2.45) is 0 Å². The minimum atomic E-state index is -3.16. The van der Waals surface area contributed by atoms with E-state index in [-0.39, 0.29) is 6.04 Å². The first-order valence-electron chi connectivity index (χ1n) is 5.64. The molecule has 1 N–H and O–H groups in total. The molecule has 6 heteroatoms. The lowest BCUT2D eigenvalue weighted by Gasteiger charge is -2.14. The van der Waals surface area contributed by atoms with Gasteiger partial charge in [-0.25, -0.2) is 8.42 Å². The van der Waals surface area contributed by atoms with Crippen molar-refractivity contribution < 1.29 is 12.8 Å². The fraction of sp³-hybridized carbons (Fsp3) is 0.231. The van der Waals surface area contributed by atoms with E-state index in [1.54, 1.807) is 24.3 Å². The normalized spacial score (nSPS) is 13.4. The zero-order valence-corrected chi connectivity index (χ0v) is 13.0. The standard InChI is InChI=1S/C13H14BrNO3S/c1-15-13(11-7-8-12(14)18-11)9-3-5-10(6-4-9)19(2,16)17/h3-8,13,15H,1-2H3. The Hall–Kier alpha value is -1.11. The van der Waals surface area contributed by atoms with Crippen molar-refractivity contribution in [2.75, 3.05) is 13.3 Å². The van der Waals surface area contributed by atoms with Gasteiger partial charge < -0.3 is 9.73 Å². The van der Waals surface area contributed by atoms with Crippen LogP contribution in [0.1, 0.15) is 17.4 Å². The molecule has 1 aromatic heterocycles. The van der Waals surface area contributed by atoms with Crippen molar-refractivity contribution in [3.63, 3.8) is 0 Å². The number of benzene rings is 1. The highest BCUT2D eigenvalue weighted by molar-refractivity contribution is 9.10. The van der Waals surface area contributed by atoms with E-state index in [2.05, 4.69) is 21.2 Å². The van der Waals surface area contributed by atoms with Gasteiger partial charge in [0, 0.05) is 6.26 Å². The van der Waals surface area contributed by atoms with Crippen LogP contribution in [-0.2, 0) is 9.84 Å². The largest absolute Gasteiger partial charge is 0.452 e. The number of halogens is 1. The van der Waals surface area contributed by atoms with Crippen LogP contribution in [0.4, 0.5) is 0 Å². The number of furan rings is 1. The van der Waals surface area contributed by atoms with Crippen molar-refractivity contribution in [1.82, 2.24) is 5.32 Å². The number of rotatable bonds is 4. The maximum atomic E-state index is 11.4. The Balaban J connectivity index is 2.35. The minimum absolute atomic E-state index is 0.111. The molecule has 0 aliphatic rings. The van der Waals surface area contributed by atoms with E-state index < -0.39 is 9.84 Å². The summed E-state index contributed by atoms with van der Waals surface area (Å²) >= 11 is 3.27. The Morgan fingerprint density at radius 3 is 2.21 bits per heavy atom. The van der Waals surface area contributed by atoms with E-state index >= 15 is 0 Å². The Morgan fingerprint density at radius 1 is 1.16 bits per heavy atom. The molecule has 0 aliphatic carbocycles. The van der Waals surface area contributed by atoms with Gasteiger partial charge in [0.25, 0.3) is 0 Å². The zero-order chi connectivity index (χ0) is 14.0. The Bertz CT molecular complexity index is 661. The second-order valence-corrected chi connectivity index (χ2v) is 7.00. The molecule has 4 nitrogen and oxygen atoms in total. The minimum Gasteiger partial charge on any atom is -0.452 e. The van der Waals surface area contributed by atoms with Crippen molar-refractivity contribution in [2.45, 2.75) is 10.9 Å². The van der Waals surface area contributed by atoms with E-state index in [1.165, 1.54) is 6.26 Å².